The van der Waals surface area contributed by atoms with Gasteiger partial charge in [-0.25, -0.2) is 0 Å². The Morgan fingerprint density at radius 2 is 1.65 bits per heavy atom. The van der Waals surface area contributed by atoms with Crippen LogP contribution in [0, 0.1) is 5.92 Å². The van der Waals surface area contributed by atoms with Gasteiger partial charge >= 0.3 is 0 Å². The first-order valence-electron chi connectivity index (χ1n) is 11.2. The van der Waals surface area contributed by atoms with Crippen molar-refractivity contribution in [2.24, 2.45) is 5.92 Å². The maximum Gasteiger partial charge on any atom is 0.250 e. The third-order valence-corrected chi connectivity index (χ3v) is 6.67. The minimum absolute atomic E-state index is 0.00499. The molecule has 8 nitrogen and oxygen atoms in total. The summed E-state index contributed by atoms with van der Waals surface area (Å²) in [5.74, 6) is 0.0378. The number of hydrogen-bond acceptors (Lipinski definition) is 5. The van der Waals surface area contributed by atoms with Crippen LogP contribution in [0.1, 0.15) is 26.7 Å². The summed E-state index contributed by atoms with van der Waals surface area (Å²) in [6.07, 6.45) is 1.14. The third kappa shape index (κ3) is 4.13. The topological polar surface area (TPSA) is 73.4 Å². The van der Waals surface area contributed by atoms with Gasteiger partial charge in [0, 0.05) is 37.8 Å². The van der Waals surface area contributed by atoms with E-state index in [9.17, 15) is 14.4 Å². The molecule has 0 radical (unpaired) electrons. The zero-order valence-corrected chi connectivity index (χ0v) is 18.5. The molecule has 3 heterocycles. The fourth-order valence-corrected chi connectivity index (χ4v) is 4.86. The number of benzene rings is 1. The number of hydrogen-bond donors (Lipinski definition) is 0. The van der Waals surface area contributed by atoms with Gasteiger partial charge in [-0.3, -0.25) is 14.4 Å². The molecule has 0 saturated carbocycles. The monoisotopic (exact) mass is 428 g/mol. The summed E-state index contributed by atoms with van der Waals surface area (Å²) >= 11 is 0. The lowest BCUT2D eigenvalue weighted by Gasteiger charge is -2.43. The van der Waals surface area contributed by atoms with Gasteiger partial charge in [0.25, 0.3) is 5.91 Å². The van der Waals surface area contributed by atoms with Gasteiger partial charge in [0.15, 0.2) is 0 Å². The van der Waals surface area contributed by atoms with E-state index >= 15 is 0 Å². The van der Waals surface area contributed by atoms with Gasteiger partial charge in [0.2, 0.25) is 11.8 Å². The molecule has 1 spiro atoms. The summed E-state index contributed by atoms with van der Waals surface area (Å²) in [4.78, 5) is 46.5. The van der Waals surface area contributed by atoms with E-state index in [0.29, 0.717) is 58.9 Å². The minimum atomic E-state index is -0.708. The largest absolute Gasteiger partial charge is 0.378 e. The van der Waals surface area contributed by atoms with Crippen LogP contribution in [0.25, 0.3) is 0 Å². The van der Waals surface area contributed by atoms with E-state index in [1.165, 1.54) is 0 Å². The Balaban J connectivity index is 1.54. The minimum Gasteiger partial charge on any atom is -0.378 e. The Morgan fingerprint density at radius 3 is 2.26 bits per heavy atom. The van der Waals surface area contributed by atoms with Crippen LogP contribution in [-0.4, -0.2) is 90.6 Å². The Labute approximate surface area is 183 Å². The molecule has 0 atom stereocenters. The molecule has 0 aliphatic carbocycles. The molecule has 0 aromatic heterocycles. The third-order valence-electron chi connectivity index (χ3n) is 6.67. The number of carbonyl (C=O) groups excluding carboxylic acids is 3. The smallest absolute Gasteiger partial charge is 0.250 e. The number of amides is 3. The first kappa shape index (κ1) is 21.6. The van der Waals surface area contributed by atoms with E-state index in [-0.39, 0.29) is 30.2 Å². The SMILES string of the molecule is CC(C)C(=O)N1CCC2(CC1)C(=O)N(CC(=O)N1CCOCC1)CN2c1ccccc1. The average molecular weight is 429 g/mol. The predicted octanol–water partition coefficient (Wildman–Crippen LogP) is 1.17. The lowest BCUT2D eigenvalue weighted by Crippen LogP contribution is -2.58. The molecule has 4 rings (SSSR count). The fraction of sp³-hybridized carbons (Fsp3) is 0.609. The number of rotatable bonds is 4. The van der Waals surface area contributed by atoms with Gasteiger partial charge in [-0.1, -0.05) is 32.0 Å². The number of anilines is 1. The fourth-order valence-electron chi connectivity index (χ4n) is 4.86. The number of morpholine rings is 1. The quantitative estimate of drug-likeness (QED) is 0.720. The summed E-state index contributed by atoms with van der Waals surface area (Å²) in [6.45, 7) is 7.61. The molecule has 168 valence electrons. The van der Waals surface area contributed by atoms with E-state index in [1.807, 2.05) is 49.1 Å². The lowest BCUT2D eigenvalue weighted by atomic mass is 9.85. The van der Waals surface area contributed by atoms with Gasteiger partial charge in [-0.2, -0.15) is 0 Å². The molecule has 3 amide bonds. The maximum atomic E-state index is 13.7. The number of para-hydroxylation sites is 1. The highest BCUT2D eigenvalue weighted by atomic mass is 16.5. The van der Waals surface area contributed by atoms with Crippen LogP contribution in [0.2, 0.25) is 0 Å². The first-order chi connectivity index (χ1) is 14.9. The number of piperidine rings is 1. The summed E-state index contributed by atoms with van der Waals surface area (Å²) in [5.41, 5.74) is 0.265. The molecule has 0 unspecified atom stereocenters. The molecule has 1 aromatic rings. The Bertz CT molecular complexity index is 814. The maximum absolute atomic E-state index is 13.7. The van der Waals surface area contributed by atoms with Crippen LogP contribution < -0.4 is 4.90 Å². The number of ether oxygens (including phenoxy) is 1. The van der Waals surface area contributed by atoms with E-state index < -0.39 is 5.54 Å². The van der Waals surface area contributed by atoms with Crippen molar-refractivity contribution in [3.05, 3.63) is 30.3 Å². The van der Waals surface area contributed by atoms with Gasteiger partial charge in [0.1, 0.15) is 12.1 Å². The molecule has 1 aromatic carbocycles. The van der Waals surface area contributed by atoms with Crippen LogP contribution in [0.4, 0.5) is 5.69 Å². The Kier molecular flexibility index (Phi) is 6.18. The van der Waals surface area contributed by atoms with Crippen molar-refractivity contribution in [1.82, 2.24) is 14.7 Å². The van der Waals surface area contributed by atoms with Crippen LogP contribution >= 0.6 is 0 Å². The van der Waals surface area contributed by atoms with Gasteiger partial charge in [-0.15, -0.1) is 0 Å². The summed E-state index contributed by atoms with van der Waals surface area (Å²) < 4.78 is 5.34. The van der Waals surface area contributed by atoms with Crippen LogP contribution in [-0.2, 0) is 19.1 Å². The van der Waals surface area contributed by atoms with E-state index in [0.717, 1.165) is 5.69 Å². The second kappa shape index (κ2) is 8.86. The molecule has 31 heavy (non-hydrogen) atoms. The number of nitrogens with zero attached hydrogens (tertiary/aromatic N) is 4. The standard InChI is InChI=1S/C23H32N4O4/c1-18(2)21(29)25-10-8-23(9-11-25)22(30)26(16-20(28)24-12-14-31-15-13-24)17-27(23)19-6-4-3-5-7-19/h3-7,18H,8-17H2,1-2H3. The first-order valence-corrected chi connectivity index (χ1v) is 11.2. The Morgan fingerprint density at radius 1 is 1.00 bits per heavy atom. The summed E-state index contributed by atoms with van der Waals surface area (Å²) in [6, 6.07) is 9.90. The van der Waals surface area contributed by atoms with Crippen molar-refractivity contribution in [3.63, 3.8) is 0 Å². The van der Waals surface area contributed by atoms with Crippen molar-refractivity contribution in [2.45, 2.75) is 32.2 Å². The summed E-state index contributed by atoms with van der Waals surface area (Å²) in [5, 5.41) is 0. The molecular formula is C23H32N4O4. The van der Waals surface area contributed by atoms with Gasteiger partial charge < -0.3 is 24.3 Å². The van der Waals surface area contributed by atoms with Crippen LogP contribution in [0.3, 0.4) is 0 Å². The molecule has 3 aliphatic heterocycles. The molecule has 3 fully saturated rings. The van der Waals surface area contributed by atoms with Crippen molar-refractivity contribution in [1.29, 1.82) is 0 Å². The highest BCUT2D eigenvalue weighted by Gasteiger charge is 2.54. The second-order valence-electron chi connectivity index (χ2n) is 8.91. The normalized spacial score (nSPS) is 21.3. The summed E-state index contributed by atoms with van der Waals surface area (Å²) in [7, 11) is 0. The highest BCUT2D eigenvalue weighted by molar-refractivity contribution is 5.96. The highest BCUT2D eigenvalue weighted by Crippen LogP contribution is 2.39. The number of carbonyl (C=O) groups is 3. The molecule has 3 saturated heterocycles. The zero-order valence-electron chi connectivity index (χ0n) is 18.5. The van der Waals surface area contributed by atoms with Crippen molar-refractivity contribution in [2.75, 3.05) is 57.5 Å². The van der Waals surface area contributed by atoms with E-state index in [1.54, 1.807) is 9.80 Å². The van der Waals surface area contributed by atoms with E-state index in [2.05, 4.69) is 4.90 Å². The predicted molar refractivity (Wildman–Crippen MR) is 116 cm³/mol. The van der Waals surface area contributed by atoms with Crippen molar-refractivity contribution < 1.29 is 19.1 Å². The van der Waals surface area contributed by atoms with Crippen molar-refractivity contribution >= 4 is 23.4 Å². The second-order valence-corrected chi connectivity index (χ2v) is 8.91. The zero-order chi connectivity index (χ0) is 22.0. The molecule has 0 bridgehead atoms. The van der Waals surface area contributed by atoms with Gasteiger partial charge in [0.05, 0.1) is 19.9 Å². The van der Waals surface area contributed by atoms with Gasteiger partial charge in [-0.05, 0) is 25.0 Å². The van der Waals surface area contributed by atoms with Crippen LogP contribution in [0.5, 0.6) is 0 Å². The van der Waals surface area contributed by atoms with Crippen LogP contribution in [0.15, 0.2) is 30.3 Å². The number of likely N-dealkylation sites (tertiary alicyclic amines) is 1. The van der Waals surface area contributed by atoms with Crippen molar-refractivity contribution in [3.8, 4) is 0 Å². The lowest BCUT2D eigenvalue weighted by molar-refractivity contribution is -0.144. The molecule has 8 heteroatoms. The average Bonchev–Trinajstić information content (AvgIpc) is 3.06. The molecule has 0 N–H and O–H groups in total. The Hall–Kier alpha value is -2.61. The molecular weight excluding hydrogens is 396 g/mol. The van der Waals surface area contributed by atoms with E-state index in [4.69, 9.17) is 4.74 Å². The molecule has 3 aliphatic rings.